The smallest absolute Gasteiger partial charge is 0.0123 e. The Hall–Kier alpha value is -0.0800. The van der Waals surface area contributed by atoms with Gasteiger partial charge >= 0.3 is 0 Å². The van der Waals surface area contributed by atoms with Gasteiger partial charge in [0, 0.05) is 25.2 Å². The lowest BCUT2D eigenvalue weighted by atomic mass is 10.0. The molecule has 16 heavy (non-hydrogen) atoms. The molecular weight excluding hydrogens is 196 g/mol. The van der Waals surface area contributed by atoms with Crippen LogP contribution in [-0.2, 0) is 0 Å². The zero-order valence-corrected chi connectivity index (χ0v) is 11.7. The van der Waals surface area contributed by atoms with E-state index in [0.29, 0.717) is 5.54 Å². The molecule has 1 aliphatic rings. The van der Waals surface area contributed by atoms with Crippen molar-refractivity contribution in [2.45, 2.75) is 58.9 Å². The summed E-state index contributed by atoms with van der Waals surface area (Å²) < 4.78 is 0. The minimum atomic E-state index is 0.303. The Labute approximate surface area is 102 Å². The lowest BCUT2D eigenvalue weighted by Gasteiger charge is -2.28. The van der Waals surface area contributed by atoms with Crippen LogP contribution >= 0.6 is 0 Å². The second kappa shape index (κ2) is 6.61. The molecule has 0 aliphatic heterocycles. The van der Waals surface area contributed by atoms with E-state index in [4.69, 9.17) is 0 Å². The van der Waals surface area contributed by atoms with Gasteiger partial charge in [0.1, 0.15) is 0 Å². The molecule has 96 valence electrons. The monoisotopic (exact) mass is 226 g/mol. The number of nitrogens with zero attached hydrogens (tertiary/aromatic N) is 1. The Balaban J connectivity index is 2.15. The topological polar surface area (TPSA) is 15.3 Å². The molecule has 0 aromatic heterocycles. The molecule has 0 spiro atoms. The van der Waals surface area contributed by atoms with Gasteiger partial charge in [0.2, 0.25) is 0 Å². The third kappa shape index (κ3) is 5.86. The van der Waals surface area contributed by atoms with Crippen molar-refractivity contribution in [2.75, 3.05) is 26.2 Å². The zero-order valence-electron chi connectivity index (χ0n) is 11.7. The molecule has 0 heterocycles. The fourth-order valence-electron chi connectivity index (χ4n) is 1.95. The summed E-state index contributed by atoms with van der Waals surface area (Å²) in [6.45, 7) is 14.1. The normalized spacial score (nSPS) is 17.1. The van der Waals surface area contributed by atoms with Gasteiger partial charge in [-0.25, -0.2) is 0 Å². The average molecular weight is 226 g/mol. The summed E-state index contributed by atoms with van der Waals surface area (Å²) in [5.41, 5.74) is 0.303. The van der Waals surface area contributed by atoms with Crippen LogP contribution in [-0.4, -0.2) is 36.6 Å². The van der Waals surface area contributed by atoms with Crippen molar-refractivity contribution in [1.82, 2.24) is 10.2 Å². The van der Waals surface area contributed by atoms with Crippen LogP contribution < -0.4 is 5.32 Å². The summed E-state index contributed by atoms with van der Waals surface area (Å²) in [5.74, 6) is 1.02. The van der Waals surface area contributed by atoms with Crippen molar-refractivity contribution in [3.8, 4) is 0 Å². The molecule has 0 unspecified atom stereocenters. The minimum absolute atomic E-state index is 0.303. The van der Waals surface area contributed by atoms with E-state index in [2.05, 4.69) is 37.9 Å². The Morgan fingerprint density at radius 1 is 1.19 bits per heavy atom. The van der Waals surface area contributed by atoms with E-state index >= 15 is 0 Å². The first-order valence-electron chi connectivity index (χ1n) is 7.04. The van der Waals surface area contributed by atoms with Crippen molar-refractivity contribution in [1.29, 1.82) is 0 Å². The van der Waals surface area contributed by atoms with Gasteiger partial charge in [-0.05, 0) is 52.0 Å². The first-order valence-corrected chi connectivity index (χ1v) is 7.04. The third-order valence-electron chi connectivity index (χ3n) is 3.67. The molecule has 0 amide bonds. The van der Waals surface area contributed by atoms with Gasteiger partial charge in [-0.3, -0.25) is 0 Å². The number of hydrogen-bond donors (Lipinski definition) is 1. The first kappa shape index (κ1) is 14.0. The second-order valence-electron chi connectivity index (χ2n) is 5.91. The van der Waals surface area contributed by atoms with E-state index in [1.54, 1.807) is 0 Å². The molecule has 1 N–H and O–H groups in total. The zero-order chi connectivity index (χ0) is 12.0. The fraction of sp³-hybridized carbons (Fsp3) is 1.00. The predicted octanol–water partition coefficient (Wildman–Crippen LogP) is 2.89. The van der Waals surface area contributed by atoms with E-state index in [1.807, 2.05) is 0 Å². The van der Waals surface area contributed by atoms with Crippen molar-refractivity contribution in [2.24, 2.45) is 5.92 Å². The van der Waals surface area contributed by atoms with Crippen molar-refractivity contribution in [3.63, 3.8) is 0 Å². The Morgan fingerprint density at radius 3 is 2.38 bits per heavy atom. The van der Waals surface area contributed by atoms with Crippen LogP contribution in [0, 0.1) is 5.92 Å². The number of rotatable bonds is 9. The third-order valence-corrected chi connectivity index (χ3v) is 3.67. The molecule has 1 saturated carbocycles. The van der Waals surface area contributed by atoms with Crippen molar-refractivity contribution < 1.29 is 0 Å². The Bertz CT molecular complexity index is 185. The summed E-state index contributed by atoms with van der Waals surface area (Å²) in [5, 5.41) is 3.65. The summed E-state index contributed by atoms with van der Waals surface area (Å²) in [6, 6.07) is 0. The van der Waals surface area contributed by atoms with Gasteiger partial charge in [-0.15, -0.1) is 0 Å². The Kier molecular flexibility index (Phi) is 5.77. The highest BCUT2D eigenvalue weighted by Gasteiger charge is 2.24. The van der Waals surface area contributed by atoms with Crippen LogP contribution in [0.2, 0.25) is 0 Å². The Morgan fingerprint density at radius 2 is 1.88 bits per heavy atom. The van der Waals surface area contributed by atoms with Crippen LogP contribution in [0.15, 0.2) is 0 Å². The predicted molar refractivity (Wildman–Crippen MR) is 71.8 cm³/mol. The first-order chi connectivity index (χ1) is 7.57. The molecule has 1 rings (SSSR count). The van der Waals surface area contributed by atoms with E-state index in [9.17, 15) is 0 Å². The molecule has 0 saturated heterocycles. The quantitative estimate of drug-likeness (QED) is 0.650. The van der Waals surface area contributed by atoms with E-state index in [1.165, 1.54) is 45.3 Å². The maximum absolute atomic E-state index is 3.65. The van der Waals surface area contributed by atoms with Crippen LogP contribution in [0.3, 0.4) is 0 Å². The average Bonchev–Trinajstić information content (AvgIpc) is 3.02. The van der Waals surface area contributed by atoms with E-state index < -0.39 is 0 Å². The van der Waals surface area contributed by atoms with Gasteiger partial charge in [0.05, 0.1) is 0 Å². The molecular formula is C14H30N2. The number of hydrogen-bond acceptors (Lipinski definition) is 2. The van der Waals surface area contributed by atoms with Crippen LogP contribution in [0.25, 0.3) is 0 Å². The molecule has 0 radical (unpaired) electrons. The molecule has 2 heteroatoms. The maximum atomic E-state index is 3.65. The van der Waals surface area contributed by atoms with Crippen molar-refractivity contribution in [3.05, 3.63) is 0 Å². The summed E-state index contributed by atoms with van der Waals surface area (Å²) in [4.78, 5) is 2.64. The standard InChI is InChI=1S/C14H30N2/c1-5-10-16(12-13-7-8-13)11-9-15-14(3,4)6-2/h13,15H,5-12H2,1-4H3. The maximum Gasteiger partial charge on any atom is 0.0123 e. The van der Waals surface area contributed by atoms with E-state index in [-0.39, 0.29) is 0 Å². The van der Waals surface area contributed by atoms with Crippen molar-refractivity contribution >= 4 is 0 Å². The van der Waals surface area contributed by atoms with Gasteiger partial charge < -0.3 is 10.2 Å². The summed E-state index contributed by atoms with van der Waals surface area (Å²) in [7, 11) is 0. The molecule has 0 atom stereocenters. The lowest BCUT2D eigenvalue weighted by molar-refractivity contribution is 0.248. The largest absolute Gasteiger partial charge is 0.311 e. The van der Waals surface area contributed by atoms with E-state index in [0.717, 1.165) is 12.5 Å². The summed E-state index contributed by atoms with van der Waals surface area (Å²) in [6.07, 6.45) is 5.41. The minimum Gasteiger partial charge on any atom is -0.311 e. The van der Waals surface area contributed by atoms with Crippen LogP contribution in [0.1, 0.15) is 53.4 Å². The van der Waals surface area contributed by atoms with Gasteiger partial charge in [0.15, 0.2) is 0 Å². The SMILES string of the molecule is CCCN(CCNC(C)(C)CC)CC1CC1. The molecule has 1 fully saturated rings. The highest BCUT2D eigenvalue weighted by molar-refractivity contribution is 4.79. The molecule has 0 bridgehead atoms. The lowest BCUT2D eigenvalue weighted by Crippen LogP contribution is -2.43. The molecule has 1 aliphatic carbocycles. The van der Waals surface area contributed by atoms with Crippen LogP contribution in [0.5, 0.6) is 0 Å². The highest BCUT2D eigenvalue weighted by atomic mass is 15.1. The number of nitrogens with one attached hydrogen (secondary N) is 1. The van der Waals surface area contributed by atoms with Gasteiger partial charge in [-0.2, -0.15) is 0 Å². The molecule has 0 aromatic carbocycles. The van der Waals surface area contributed by atoms with Gasteiger partial charge in [-0.1, -0.05) is 13.8 Å². The molecule has 0 aromatic rings. The van der Waals surface area contributed by atoms with Crippen LogP contribution in [0.4, 0.5) is 0 Å². The molecule has 2 nitrogen and oxygen atoms in total. The highest BCUT2D eigenvalue weighted by Crippen LogP contribution is 2.29. The summed E-state index contributed by atoms with van der Waals surface area (Å²) >= 11 is 0. The fourth-order valence-corrected chi connectivity index (χ4v) is 1.95. The second-order valence-corrected chi connectivity index (χ2v) is 5.91. The van der Waals surface area contributed by atoms with Gasteiger partial charge in [0.25, 0.3) is 0 Å².